The van der Waals surface area contributed by atoms with Crippen molar-refractivity contribution in [2.45, 2.75) is 39.7 Å². The number of benzene rings is 2. The third-order valence-electron chi connectivity index (χ3n) is 5.45. The molecule has 1 heterocycles. The standard InChI is InChI=1S/C24H33N3OS/c1-4-26-13-6-9-21-17-20(11-12-23(21)26)18-27(14-7-15-28-3)24(29)25-22-10-5-8-19(2)16-22/h5,8,10-12,16-17H,4,6-7,9,13-15,18H2,1-3H3,(H,25,29). The Balaban J connectivity index is 1.73. The molecule has 5 heteroatoms. The van der Waals surface area contributed by atoms with E-state index < -0.39 is 0 Å². The molecule has 3 rings (SSSR count). The summed E-state index contributed by atoms with van der Waals surface area (Å²) in [4.78, 5) is 4.72. The SMILES string of the molecule is CCN1CCCc2cc(CN(CCCOC)C(=S)Nc3cccc(C)c3)ccc21. The Morgan fingerprint density at radius 1 is 1.24 bits per heavy atom. The Kier molecular flexibility index (Phi) is 7.90. The number of hydrogen-bond acceptors (Lipinski definition) is 3. The van der Waals surface area contributed by atoms with Gasteiger partial charge < -0.3 is 19.9 Å². The van der Waals surface area contributed by atoms with Crippen LogP contribution in [0.3, 0.4) is 0 Å². The molecule has 0 bridgehead atoms. The molecule has 0 aromatic heterocycles. The Morgan fingerprint density at radius 3 is 2.86 bits per heavy atom. The van der Waals surface area contributed by atoms with Crippen LogP contribution in [0.1, 0.15) is 36.5 Å². The summed E-state index contributed by atoms with van der Waals surface area (Å²) in [6.07, 6.45) is 3.34. The van der Waals surface area contributed by atoms with Crippen molar-refractivity contribution >= 4 is 28.7 Å². The Labute approximate surface area is 180 Å². The van der Waals surface area contributed by atoms with Crippen LogP contribution in [0.25, 0.3) is 0 Å². The lowest BCUT2D eigenvalue weighted by atomic mass is 9.99. The summed E-state index contributed by atoms with van der Waals surface area (Å²) < 4.78 is 5.26. The van der Waals surface area contributed by atoms with Gasteiger partial charge in [-0.05, 0) is 80.2 Å². The van der Waals surface area contributed by atoms with Crippen LogP contribution in [-0.2, 0) is 17.7 Å². The van der Waals surface area contributed by atoms with E-state index in [0.717, 1.165) is 56.4 Å². The molecule has 0 unspecified atom stereocenters. The molecule has 29 heavy (non-hydrogen) atoms. The fourth-order valence-corrected chi connectivity index (χ4v) is 4.23. The van der Waals surface area contributed by atoms with Crippen molar-refractivity contribution in [3.63, 3.8) is 0 Å². The molecule has 2 aromatic carbocycles. The minimum absolute atomic E-state index is 0.735. The van der Waals surface area contributed by atoms with Gasteiger partial charge in [-0.25, -0.2) is 0 Å². The van der Waals surface area contributed by atoms with Gasteiger partial charge >= 0.3 is 0 Å². The van der Waals surface area contributed by atoms with E-state index in [4.69, 9.17) is 17.0 Å². The number of methoxy groups -OCH3 is 1. The van der Waals surface area contributed by atoms with Gasteiger partial charge in [0.1, 0.15) is 0 Å². The zero-order valence-electron chi connectivity index (χ0n) is 17.9. The van der Waals surface area contributed by atoms with Crippen LogP contribution in [0.15, 0.2) is 42.5 Å². The van der Waals surface area contributed by atoms with Gasteiger partial charge in [0.25, 0.3) is 0 Å². The summed E-state index contributed by atoms with van der Waals surface area (Å²) in [6.45, 7) is 8.97. The summed E-state index contributed by atoms with van der Waals surface area (Å²) >= 11 is 5.77. The normalized spacial score (nSPS) is 13.1. The molecule has 1 aliphatic heterocycles. The molecule has 0 atom stereocenters. The second-order valence-electron chi connectivity index (χ2n) is 7.71. The molecule has 0 radical (unpaired) electrons. The van der Waals surface area contributed by atoms with Crippen LogP contribution < -0.4 is 10.2 Å². The van der Waals surface area contributed by atoms with Crippen LogP contribution in [0, 0.1) is 6.92 Å². The van der Waals surface area contributed by atoms with Crippen molar-refractivity contribution in [2.24, 2.45) is 0 Å². The lowest BCUT2D eigenvalue weighted by molar-refractivity contribution is 0.185. The van der Waals surface area contributed by atoms with E-state index in [0.29, 0.717) is 0 Å². The quantitative estimate of drug-likeness (QED) is 0.487. The van der Waals surface area contributed by atoms with Crippen LogP contribution in [-0.4, -0.2) is 43.4 Å². The van der Waals surface area contributed by atoms with Crippen molar-refractivity contribution in [1.82, 2.24) is 4.90 Å². The third-order valence-corrected chi connectivity index (χ3v) is 5.81. The van der Waals surface area contributed by atoms with E-state index in [-0.39, 0.29) is 0 Å². The summed E-state index contributed by atoms with van der Waals surface area (Å²) in [7, 11) is 1.75. The van der Waals surface area contributed by atoms with Gasteiger partial charge in [0.2, 0.25) is 0 Å². The second kappa shape index (κ2) is 10.6. The van der Waals surface area contributed by atoms with Crippen LogP contribution in [0.5, 0.6) is 0 Å². The molecule has 2 aromatic rings. The average molecular weight is 412 g/mol. The molecule has 0 fully saturated rings. The largest absolute Gasteiger partial charge is 0.385 e. The van der Waals surface area contributed by atoms with Gasteiger partial charge in [-0.3, -0.25) is 0 Å². The highest BCUT2D eigenvalue weighted by Crippen LogP contribution is 2.28. The first-order chi connectivity index (χ1) is 14.1. The maximum atomic E-state index is 5.77. The number of thiocarbonyl (C=S) groups is 1. The number of rotatable bonds is 8. The van der Waals surface area contributed by atoms with Crippen molar-refractivity contribution in [3.05, 3.63) is 59.2 Å². The van der Waals surface area contributed by atoms with E-state index in [1.807, 2.05) is 0 Å². The average Bonchev–Trinajstić information content (AvgIpc) is 2.72. The minimum atomic E-state index is 0.735. The number of anilines is 2. The molecule has 156 valence electrons. The van der Waals surface area contributed by atoms with E-state index in [9.17, 15) is 0 Å². The first-order valence-corrected chi connectivity index (χ1v) is 11.0. The molecule has 0 amide bonds. The van der Waals surface area contributed by atoms with Gasteiger partial charge in [0.15, 0.2) is 5.11 Å². The second-order valence-corrected chi connectivity index (χ2v) is 8.10. The van der Waals surface area contributed by atoms with Crippen LogP contribution >= 0.6 is 12.2 Å². The zero-order valence-corrected chi connectivity index (χ0v) is 18.7. The van der Waals surface area contributed by atoms with Gasteiger partial charge in [0.05, 0.1) is 0 Å². The molecule has 1 aliphatic rings. The van der Waals surface area contributed by atoms with Crippen LogP contribution in [0.2, 0.25) is 0 Å². The maximum Gasteiger partial charge on any atom is 0.173 e. The number of nitrogens with one attached hydrogen (secondary N) is 1. The highest BCUT2D eigenvalue weighted by atomic mass is 32.1. The fourth-order valence-electron chi connectivity index (χ4n) is 3.95. The molecule has 0 saturated carbocycles. The zero-order chi connectivity index (χ0) is 20.6. The monoisotopic (exact) mass is 411 g/mol. The van der Waals surface area contributed by atoms with Crippen molar-refractivity contribution < 1.29 is 4.74 Å². The predicted octanol–water partition coefficient (Wildman–Crippen LogP) is 5.00. The first-order valence-electron chi connectivity index (χ1n) is 10.6. The highest BCUT2D eigenvalue weighted by Gasteiger charge is 2.17. The lowest BCUT2D eigenvalue weighted by Gasteiger charge is -2.31. The molecular weight excluding hydrogens is 378 g/mol. The highest BCUT2D eigenvalue weighted by molar-refractivity contribution is 7.80. The number of hydrogen-bond donors (Lipinski definition) is 1. The molecule has 0 saturated heterocycles. The maximum absolute atomic E-state index is 5.77. The Morgan fingerprint density at radius 2 is 2.10 bits per heavy atom. The smallest absolute Gasteiger partial charge is 0.173 e. The fraction of sp³-hybridized carbons (Fsp3) is 0.458. The van der Waals surface area contributed by atoms with E-state index in [1.54, 1.807) is 7.11 Å². The summed E-state index contributed by atoms with van der Waals surface area (Å²) in [5, 5.41) is 4.18. The summed E-state index contributed by atoms with van der Waals surface area (Å²) in [5.41, 5.74) is 6.43. The van der Waals surface area contributed by atoms with E-state index >= 15 is 0 Å². The third kappa shape index (κ3) is 5.94. The Bertz CT molecular complexity index is 824. The summed E-state index contributed by atoms with van der Waals surface area (Å²) in [6, 6.07) is 15.2. The van der Waals surface area contributed by atoms with Crippen LogP contribution in [0.4, 0.5) is 11.4 Å². The van der Waals surface area contributed by atoms with Crippen molar-refractivity contribution in [2.75, 3.05) is 43.6 Å². The molecule has 1 N–H and O–H groups in total. The van der Waals surface area contributed by atoms with Gasteiger partial charge in [-0.15, -0.1) is 0 Å². The Hall–Kier alpha value is -2.11. The predicted molar refractivity (Wildman–Crippen MR) is 127 cm³/mol. The molecule has 0 spiro atoms. The molecular formula is C24H33N3OS. The van der Waals surface area contributed by atoms with Gasteiger partial charge in [-0.2, -0.15) is 0 Å². The lowest BCUT2D eigenvalue weighted by Crippen LogP contribution is -2.35. The van der Waals surface area contributed by atoms with Crippen molar-refractivity contribution in [3.8, 4) is 0 Å². The van der Waals surface area contributed by atoms with Gasteiger partial charge in [0, 0.05) is 51.3 Å². The molecule has 0 aliphatic carbocycles. The first kappa shape index (κ1) is 21.6. The minimum Gasteiger partial charge on any atom is -0.385 e. The topological polar surface area (TPSA) is 27.7 Å². The van der Waals surface area contributed by atoms with E-state index in [2.05, 4.69) is 71.4 Å². The number of fused-ring (bicyclic) bond motifs is 1. The number of aryl methyl sites for hydroxylation is 2. The van der Waals surface area contributed by atoms with Gasteiger partial charge in [-0.1, -0.05) is 24.3 Å². The summed E-state index contributed by atoms with van der Waals surface area (Å²) in [5.74, 6) is 0. The number of ether oxygens (including phenoxy) is 1. The van der Waals surface area contributed by atoms with E-state index in [1.165, 1.54) is 28.8 Å². The molecule has 4 nitrogen and oxygen atoms in total. The number of nitrogens with zero attached hydrogens (tertiary/aromatic N) is 2. The van der Waals surface area contributed by atoms with Crippen molar-refractivity contribution in [1.29, 1.82) is 0 Å².